The monoisotopic (exact) mass is 380 g/mol. The van der Waals surface area contributed by atoms with Gasteiger partial charge in [-0.15, -0.1) is 0 Å². The van der Waals surface area contributed by atoms with E-state index in [-0.39, 0.29) is 22.0 Å². The van der Waals surface area contributed by atoms with Crippen molar-refractivity contribution in [2.45, 2.75) is 0 Å². The summed E-state index contributed by atoms with van der Waals surface area (Å²) < 4.78 is 0. The van der Waals surface area contributed by atoms with Crippen LogP contribution in [0.2, 0.25) is 10.0 Å². The van der Waals surface area contributed by atoms with E-state index in [0.717, 1.165) is 6.21 Å². The summed E-state index contributed by atoms with van der Waals surface area (Å²) in [6, 6.07) is 10.1. The van der Waals surface area contributed by atoms with E-state index < -0.39 is 16.7 Å². The molecule has 2 N–H and O–H groups in total. The SMILES string of the molecule is O=C(NN=Cc1ccccc1[N+](=O)[O-])C(=O)Nc1ccc(Cl)c(Cl)c1. The summed E-state index contributed by atoms with van der Waals surface area (Å²) in [6.07, 6.45) is 1.07. The molecule has 0 aliphatic carbocycles. The Morgan fingerprint density at radius 3 is 2.48 bits per heavy atom. The lowest BCUT2D eigenvalue weighted by atomic mass is 10.2. The molecule has 10 heteroatoms. The lowest BCUT2D eigenvalue weighted by molar-refractivity contribution is -0.385. The maximum absolute atomic E-state index is 11.7. The van der Waals surface area contributed by atoms with Crippen molar-refractivity contribution in [1.29, 1.82) is 0 Å². The minimum absolute atomic E-state index is 0.178. The van der Waals surface area contributed by atoms with E-state index in [1.165, 1.54) is 36.4 Å². The molecule has 8 nitrogen and oxygen atoms in total. The number of hydrogen-bond donors (Lipinski definition) is 2. The van der Waals surface area contributed by atoms with Crippen LogP contribution in [-0.2, 0) is 9.59 Å². The molecule has 0 fully saturated rings. The Morgan fingerprint density at radius 2 is 1.80 bits per heavy atom. The van der Waals surface area contributed by atoms with Crippen molar-refractivity contribution >= 4 is 52.6 Å². The van der Waals surface area contributed by atoms with E-state index >= 15 is 0 Å². The lowest BCUT2D eigenvalue weighted by Crippen LogP contribution is -2.32. The van der Waals surface area contributed by atoms with Crippen LogP contribution in [0.5, 0.6) is 0 Å². The molecular weight excluding hydrogens is 371 g/mol. The topological polar surface area (TPSA) is 114 Å². The minimum atomic E-state index is -1.05. The molecule has 0 bridgehead atoms. The fraction of sp³-hybridized carbons (Fsp3) is 0. The molecule has 2 rings (SSSR count). The van der Waals surface area contributed by atoms with E-state index in [9.17, 15) is 19.7 Å². The zero-order valence-corrected chi connectivity index (χ0v) is 13.9. The number of carbonyl (C=O) groups excluding carboxylic acids is 2. The summed E-state index contributed by atoms with van der Waals surface area (Å²) in [5.41, 5.74) is 2.25. The smallest absolute Gasteiger partial charge is 0.318 e. The number of rotatable bonds is 4. The maximum Gasteiger partial charge on any atom is 0.329 e. The molecule has 0 unspecified atom stereocenters. The number of nitro benzene ring substituents is 1. The standard InChI is InChI=1S/C15H10Cl2N4O4/c16-11-6-5-10(7-12(11)17)19-14(22)15(23)20-18-8-9-3-1-2-4-13(9)21(24)25/h1-8H,(H,19,22)(H,20,23). The third kappa shape index (κ3) is 5.00. The van der Waals surface area contributed by atoms with Crippen molar-refractivity contribution in [3.8, 4) is 0 Å². The Morgan fingerprint density at radius 1 is 1.08 bits per heavy atom. The Bertz CT molecular complexity index is 870. The Labute approximate surface area is 151 Å². The molecule has 0 saturated heterocycles. The van der Waals surface area contributed by atoms with Gasteiger partial charge in [-0.25, -0.2) is 5.43 Å². The minimum Gasteiger partial charge on any atom is -0.318 e. The number of halogens is 2. The van der Waals surface area contributed by atoms with Gasteiger partial charge in [0.05, 0.1) is 26.7 Å². The highest BCUT2D eigenvalue weighted by Crippen LogP contribution is 2.24. The molecule has 0 radical (unpaired) electrons. The molecule has 0 heterocycles. The van der Waals surface area contributed by atoms with Crippen molar-refractivity contribution in [3.05, 3.63) is 68.2 Å². The number of hydrogen-bond acceptors (Lipinski definition) is 5. The third-order valence-electron chi connectivity index (χ3n) is 2.89. The average molecular weight is 381 g/mol. The first-order chi connectivity index (χ1) is 11.9. The van der Waals surface area contributed by atoms with Crippen LogP contribution in [0.25, 0.3) is 0 Å². The second-order valence-electron chi connectivity index (χ2n) is 4.60. The molecular formula is C15H10Cl2N4O4. The van der Waals surface area contributed by atoms with Gasteiger partial charge < -0.3 is 5.32 Å². The summed E-state index contributed by atoms with van der Waals surface area (Å²) >= 11 is 11.6. The second-order valence-corrected chi connectivity index (χ2v) is 5.41. The van der Waals surface area contributed by atoms with Gasteiger partial charge in [0.15, 0.2) is 0 Å². The van der Waals surface area contributed by atoms with E-state index in [1.54, 1.807) is 6.07 Å². The van der Waals surface area contributed by atoms with Crippen molar-refractivity contribution in [2.24, 2.45) is 5.10 Å². The lowest BCUT2D eigenvalue weighted by Gasteiger charge is -2.05. The zero-order chi connectivity index (χ0) is 18.4. The van der Waals surface area contributed by atoms with E-state index in [2.05, 4.69) is 10.4 Å². The van der Waals surface area contributed by atoms with Gasteiger partial charge in [0.2, 0.25) is 0 Å². The quantitative estimate of drug-likeness (QED) is 0.367. The second kappa shape index (κ2) is 8.22. The number of anilines is 1. The number of para-hydroxylation sites is 1. The van der Waals surface area contributed by atoms with Crippen molar-refractivity contribution in [3.63, 3.8) is 0 Å². The number of nitrogens with one attached hydrogen (secondary N) is 2. The van der Waals surface area contributed by atoms with E-state index in [0.29, 0.717) is 5.02 Å². The van der Waals surface area contributed by atoms with Gasteiger partial charge in [0, 0.05) is 11.8 Å². The molecule has 2 aromatic carbocycles. The van der Waals surface area contributed by atoms with Gasteiger partial charge >= 0.3 is 11.8 Å². The summed E-state index contributed by atoms with van der Waals surface area (Å²) in [5.74, 6) is -2.04. The molecule has 0 aliphatic heterocycles. The predicted molar refractivity (Wildman–Crippen MR) is 93.9 cm³/mol. The number of amides is 2. The summed E-state index contributed by atoms with van der Waals surface area (Å²) in [6.45, 7) is 0. The first kappa shape index (κ1) is 18.4. The predicted octanol–water partition coefficient (Wildman–Crippen LogP) is 2.99. The molecule has 2 aromatic rings. The maximum atomic E-state index is 11.7. The van der Waals surface area contributed by atoms with Crippen LogP contribution in [-0.4, -0.2) is 23.0 Å². The third-order valence-corrected chi connectivity index (χ3v) is 3.63. The van der Waals surface area contributed by atoms with Crippen molar-refractivity contribution in [2.75, 3.05) is 5.32 Å². The van der Waals surface area contributed by atoms with Gasteiger partial charge in [-0.1, -0.05) is 35.3 Å². The van der Waals surface area contributed by atoms with Gasteiger partial charge in [0.1, 0.15) is 0 Å². The zero-order valence-electron chi connectivity index (χ0n) is 12.4. The largest absolute Gasteiger partial charge is 0.329 e. The number of benzene rings is 2. The normalized spacial score (nSPS) is 10.5. The molecule has 25 heavy (non-hydrogen) atoms. The fourth-order valence-corrected chi connectivity index (χ4v) is 2.03. The van der Waals surface area contributed by atoms with Crippen LogP contribution < -0.4 is 10.7 Å². The summed E-state index contributed by atoms with van der Waals surface area (Å²) in [4.78, 5) is 33.7. The van der Waals surface area contributed by atoms with E-state index in [4.69, 9.17) is 23.2 Å². The highest BCUT2D eigenvalue weighted by molar-refractivity contribution is 6.42. The highest BCUT2D eigenvalue weighted by atomic mass is 35.5. The number of carbonyl (C=O) groups is 2. The Hall–Kier alpha value is -2.97. The molecule has 0 atom stereocenters. The van der Waals surface area contributed by atoms with Crippen molar-refractivity contribution < 1.29 is 14.5 Å². The fourth-order valence-electron chi connectivity index (χ4n) is 1.74. The van der Waals surface area contributed by atoms with Crippen LogP contribution in [0.1, 0.15) is 5.56 Å². The van der Waals surface area contributed by atoms with Crippen LogP contribution >= 0.6 is 23.2 Å². The molecule has 0 spiro atoms. The molecule has 0 aromatic heterocycles. The molecule has 2 amide bonds. The van der Waals surface area contributed by atoms with Crippen LogP contribution in [0, 0.1) is 10.1 Å². The van der Waals surface area contributed by atoms with Gasteiger partial charge in [-0.05, 0) is 24.3 Å². The van der Waals surface area contributed by atoms with E-state index in [1.807, 2.05) is 5.43 Å². The molecule has 128 valence electrons. The summed E-state index contributed by atoms with van der Waals surface area (Å²) in [5, 5.41) is 17.2. The number of nitrogens with zero attached hydrogens (tertiary/aromatic N) is 2. The van der Waals surface area contributed by atoms with Gasteiger partial charge in [-0.2, -0.15) is 5.10 Å². The van der Waals surface area contributed by atoms with Gasteiger partial charge in [-0.3, -0.25) is 19.7 Å². The van der Waals surface area contributed by atoms with Crippen LogP contribution in [0.3, 0.4) is 0 Å². The Kier molecular flexibility index (Phi) is 6.04. The summed E-state index contributed by atoms with van der Waals surface area (Å²) in [7, 11) is 0. The first-order valence-electron chi connectivity index (χ1n) is 6.71. The van der Waals surface area contributed by atoms with Crippen LogP contribution in [0.15, 0.2) is 47.6 Å². The van der Waals surface area contributed by atoms with Crippen molar-refractivity contribution in [1.82, 2.24) is 5.43 Å². The molecule has 0 aliphatic rings. The Balaban J connectivity index is 1.99. The highest BCUT2D eigenvalue weighted by Gasteiger charge is 2.14. The molecule has 0 saturated carbocycles. The van der Waals surface area contributed by atoms with Crippen LogP contribution in [0.4, 0.5) is 11.4 Å². The first-order valence-corrected chi connectivity index (χ1v) is 7.47. The average Bonchev–Trinajstić information content (AvgIpc) is 2.58. The van der Waals surface area contributed by atoms with Gasteiger partial charge in [0.25, 0.3) is 5.69 Å². The number of hydrazone groups is 1. The number of nitro groups is 1.